The maximum Gasteiger partial charge on any atom is 0.223 e. The van der Waals surface area contributed by atoms with Crippen LogP contribution in [0.5, 0.6) is 0 Å². The molecule has 144 valence electrons. The van der Waals surface area contributed by atoms with Crippen LogP contribution in [0.25, 0.3) is 0 Å². The molecule has 1 aromatic rings. The molecule has 1 aromatic carbocycles. The highest BCUT2D eigenvalue weighted by molar-refractivity contribution is 5.98. The fourth-order valence-electron chi connectivity index (χ4n) is 3.99. The molecule has 0 saturated carbocycles. The van der Waals surface area contributed by atoms with Crippen molar-refractivity contribution in [3.8, 4) is 0 Å². The Morgan fingerprint density at radius 1 is 1.08 bits per heavy atom. The molecule has 1 amide bonds. The molecule has 1 N–H and O–H groups in total. The van der Waals surface area contributed by atoms with E-state index in [2.05, 4.69) is 19.2 Å². The summed E-state index contributed by atoms with van der Waals surface area (Å²) in [5.74, 6) is 0.801. The van der Waals surface area contributed by atoms with Crippen molar-refractivity contribution in [2.75, 3.05) is 13.1 Å². The van der Waals surface area contributed by atoms with Gasteiger partial charge in [-0.05, 0) is 37.2 Å². The second-order valence-electron chi connectivity index (χ2n) is 7.98. The zero-order chi connectivity index (χ0) is 17.8. The predicted octanol–water partition coefficient (Wildman–Crippen LogP) is 3.62. The molecule has 2 heterocycles. The van der Waals surface area contributed by atoms with Crippen molar-refractivity contribution in [3.05, 3.63) is 35.4 Å². The molecule has 0 radical (unpaired) electrons. The van der Waals surface area contributed by atoms with Crippen LogP contribution in [0.2, 0.25) is 0 Å². The van der Waals surface area contributed by atoms with E-state index in [9.17, 15) is 9.59 Å². The molecule has 2 saturated heterocycles. The number of fused-ring (bicyclic) bond motifs is 2. The SMILES string of the molecule is CC(C)Cc1ccc(C(=O)CCC(=O)N2CCC3CCC(C2)N3)cc1.Cl. The fraction of sp³-hybridized carbons (Fsp3) is 0.619. The van der Waals surface area contributed by atoms with Gasteiger partial charge in [0.05, 0.1) is 0 Å². The van der Waals surface area contributed by atoms with Crippen molar-refractivity contribution < 1.29 is 9.59 Å². The van der Waals surface area contributed by atoms with Gasteiger partial charge in [0.1, 0.15) is 0 Å². The maximum absolute atomic E-state index is 12.5. The lowest BCUT2D eigenvalue weighted by atomic mass is 9.99. The number of rotatable bonds is 6. The van der Waals surface area contributed by atoms with Crippen LogP contribution in [0, 0.1) is 5.92 Å². The molecule has 0 aliphatic carbocycles. The van der Waals surface area contributed by atoms with Gasteiger partial charge in [0, 0.05) is 43.6 Å². The third-order valence-corrected chi connectivity index (χ3v) is 5.36. The van der Waals surface area contributed by atoms with Crippen molar-refractivity contribution >= 4 is 24.1 Å². The highest BCUT2D eigenvalue weighted by Gasteiger charge is 2.31. The molecule has 26 heavy (non-hydrogen) atoms. The summed E-state index contributed by atoms with van der Waals surface area (Å²) in [4.78, 5) is 26.8. The molecule has 0 aromatic heterocycles. The number of ketones is 1. The first-order chi connectivity index (χ1) is 12.0. The average molecular weight is 379 g/mol. The number of amides is 1. The Morgan fingerprint density at radius 2 is 1.77 bits per heavy atom. The number of carbonyl (C=O) groups excluding carboxylic acids is 2. The van der Waals surface area contributed by atoms with Crippen molar-refractivity contribution in [3.63, 3.8) is 0 Å². The van der Waals surface area contributed by atoms with Crippen LogP contribution in [-0.2, 0) is 11.2 Å². The quantitative estimate of drug-likeness (QED) is 0.769. The monoisotopic (exact) mass is 378 g/mol. The highest BCUT2D eigenvalue weighted by Crippen LogP contribution is 2.21. The van der Waals surface area contributed by atoms with E-state index in [1.54, 1.807) is 0 Å². The fourth-order valence-corrected chi connectivity index (χ4v) is 3.99. The molecule has 5 heteroatoms. The number of hydrogen-bond donors (Lipinski definition) is 1. The summed E-state index contributed by atoms with van der Waals surface area (Å²) in [6.45, 7) is 6.00. The molecule has 2 aliphatic rings. The van der Waals surface area contributed by atoms with Gasteiger partial charge < -0.3 is 10.2 Å². The van der Waals surface area contributed by atoms with Gasteiger partial charge in [-0.15, -0.1) is 12.4 Å². The van der Waals surface area contributed by atoms with E-state index in [-0.39, 0.29) is 24.1 Å². The Bertz CT molecular complexity index is 615. The minimum atomic E-state index is 0. The van der Waals surface area contributed by atoms with Gasteiger partial charge in [-0.3, -0.25) is 9.59 Å². The van der Waals surface area contributed by atoms with E-state index < -0.39 is 0 Å². The summed E-state index contributed by atoms with van der Waals surface area (Å²) >= 11 is 0. The first-order valence-corrected chi connectivity index (χ1v) is 9.67. The van der Waals surface area contributed by atoms with E-state index in [0.717, 1.165) is 37.9 Å². The molecule has 0 spiro atoms. The summed E-state index contributed by atoms with van der Waals surface area (Å²) in [6.07, 6.45) is 5.09. The maximum atomic E-state index is 12.5. The van der Waals surface area contributed by atoms with Crippen LogP contribution < -0.4 is 5.32 Å². The molecule has 4 nitrogen and oxygen atoms in total. The molecule has 2 atom stereocenters. The number of hydrogen-bond acceptors (Lipinski definition) is 3. The summed E-state index contributed by atoms with van der Waals surface area (Å²) in [5.41, 5.74) is 1.98. The minimum absolute atomic E-state index is 0. The third-order valence-electron chi connectivity index (χ3n) is 5.36. The van der Waals surface area contributed by atoms with E-state index in [1.807, 2.05) is 29.2 Å². The van der Waals surface area contributed by atoms with Crippen LogP contribution in [0.4, 0.5) is 0 Å². The summed E-state index contributed by atoms with van der Waals surface area (Å²) in [6, 6.07) is 8.89. The van der Waals surface area contributed by atoms with Gasteiger partial charge in [0.2, 0.25) is 5.91 Å². The Labute approximate surface area is 163 Å². The number of carbonyl (C=O) groups is 2. The molecule has 2 unspecified atom stereocenters. The summed E-state index contributed by atoms with van der Waals surface area (Å²) in [7, 11) is 0. The molecule has 2 fully saturated rings. The molecular weight excluding hydrogens is 348 g/mol. The Balaban J connectivity index is 0.00000243. The second-order valence-corrected chi connectivity index (χ2v) is 7.98. The smallest absolute Gasteiger partial charge is 0.223 e. The lowest BCUT2D eigenvalue weighted by molar-refractivity contribution is -0.131. The first-order valence-electron chi connectivity index (χ1n) is 9.67. The number of benzene rings is 1. The van der Waals surface area contributed by atoms with Crippen molar-refractivity contribution in [1.29, 1.82) is 0 Å². The van der Waals surface area contributed by atoms with Crippen LogP contribution >= 0.6 is 12.4 Å². The number of likely N-dealkylation sites (tertiary alicyclic amines) is 1. The zero-order valence-corrected chi connectivity index (χ0v) is 16.7. The molecular formula is C21H31ClN2O2. The van der Waals surface area contributed by atoms with Crippen molar-refractivity contribution in [2.45, 2.75) is 64.5 Å². The molecule has 2 bridgehead atoms. The third kappa shape index (κ3) is 5.55. The van der Waals surface area contributed by atoms with Crippen LogP contribution in [0.3, 0.4) is 0 Å². The normalized spacial score (nSPS) is 22.0. The van der Waals surface area contributed by atoms with Crippen molar-refractivity contribution in [2.24, 2.45) is 5.92 Å². The lowest BCUT2D eigenvalue weighted by Gasteiger charge is -2.24. The van der Waals surface area contributed by atoms with Gasteiger partial charge in [-0.25, -0.2) is 0 Å². The number of nitrogens with zero attached hydrogens (tertiary/aromatic N) is 1. The molecule has 2 aliphatic heterocycles. The molecule has 3 rings (SSSR count). The standard InChI is InChI=1S/C21H30N2O2.ClH/c1-15(2)13-16-3-5-17(6-4-16)20(24)9-10-21(25)23-12-11-18-7-8-19(14-23)22-18;/h3-6,15,18-19,22H,7-14H2,1-2H3;1H. The van der Waals surface area contributed by atoms with E-state index >= 15 is 0 Å². The van der Waals surface area contributed by atoms with Crippen LogP contribution in [-0.4, -0.2) is 41.8 Å². The largest absolute Gasteiger partial charge is 0.341 e. The van der Waals surface area contributed by atoms with Crippen molar-refractivity contribution in [1.82, 2.24) is 10.2 Å². The van der Waals surface area contributed by atoms with Gasteiger partial charge in [-0.2, -0.15) is 0 Å². The summed E-state index contributed by atoms with van der Waals surface area (Å²) in [5, 5.41) is 3.59. The lowest BCUT2D eigenvalue weighted by Crippen LogP contribution is -2.39. The number of Topliss-reactive ketones (excluding diaryl/α,β-unsaturated/α-hetero) is 1. The first kappa shape index (κ1) is 20.9. The summed E-state index contributed by atoms with van der Waals surface area (Å²) < 4.78 is 0. The van der Waals surface area contributed by atoms with E-state index in [0.29, 0.717) is 30.8 Å². The topological polar surface area (TPSA) is 49.4 Å². The van der Waals surface area contributed by atoms with Gasteiger partial charge in [0.15, 0.2) is 5.78 Å². The highest BCUT2D eigenvalue weighted by atomic mass is 35.5. The number of halogens is 1. The van der Waals surface area contributed by atoms with Gasteiger partial charge in [0.25, 0.3) is 0 Å². The minimum Gasteiger partial charge on any atom is -0.341 e. The Hall–Kier alpha value is -1.39. The van der Waals surface area contributed by atoms with E-state index in [4.69, 9.17) is 0 Å². The average Bonchev–Trinajstić information content (AvgIpc) is 2.91. The Kier molecular flexibility index (Phi) is 7.66. The Morgan fingerprint density at radius 3 is 2.46 bits per heavy atom. The predicted molar refractivity (Wildman–Crippen MR) is 107 cm³/mol. The van der Waals surface area contributed by atoms with Crippen LogP contribution in [0.15, 0.2) is 24.3 Å². The van der Waals surface area contributed by atoms with Crippen LogP contribution in [0.1, 0.15) is 61.9 Å². The zero-order valence-electron chi connectivity index (χ0n) is 15.9. The number of nitrogens with one attached hydrogen (secondary N) is 1. The van der Waals surface area contributed by atoms with Gasteiger partial charge >= 0.3 is 0 Å². The second kappa shape index (κ2) is 9.52. The van der Waals surface area contributed by atoms with E-state index in [1.165, 1.54) is 12.0 Å². The van der Waals surface area contributed by atoms with Gasteiger partial charge in [-0.1, -0.05) is 38.1 Å².